The van der Waals surface area contributed by atoms with Crippen molar-refractivity contribution in [2.24, 2.45) is 5.92 Å². The number of anilines is 1. The summed E-state index contributed by atoms with van der Waals surface area (Å²) < 4.78 is 87.2. The van der Waals surface area contributed by atoms with E-state index in [4.69, 9.17) is 4.74 Å². The maximum Gasteiger partial charge on any atom is 0.423 e. The molecule has 1 fully saturated rings. The molecule has 14 heteroatoms. The van der Waals surface area contributed by atoms with Crippen LogP contribution >= 0.6 is 11.3 Å². The summed E-state index contributed by atoms with van der Waals surface area (Å²) in [5, 5.41) is 3.24. The SMILES string of the molecule is COc1nc(NCC2[C@H](C)CC(F)(F)CN2C(=O)c2nc(C)sc2-c2cccc(F)c2)ncc1C(F)(F)F. The van der Waals surface area contributed by atoms with Gasteiger partial charge >= 0.3 is 6.18 Å². The van der Waals surface area contributed by atoms with Gasteiger partial charge in [0.15, 0.2) is 0 Å². The predicted octanol–water partition coefficient (Wildman–Crippen LogP) is 5.67. The third-order valence-corrected chi connectivity index (χ3v) is 7.11. The Kier molecular flexibility index (Phi) is 7.55. The number of nitrogens with zero attached hydrogens (tertiary/aromatic N) is 4. The lowest BCUT2D eigenvalue weighted by atomic mass is 9.88. The summed E-state index contributed by atoms with van der Waals surface area (Å²) in [7, 11) is 1.03. The molecule has 204 valence electrons. The van der Waals surface area contributed by atoms with Crippen LogP contribution < -0.4 is 10.1 Å². The number of methoxy groups -OCH3 is 1. The van der Waals surface area contributed by atoms with Crippen LogP contribution in [-0.2, 0) is 6.18 Å². The molecular formula is C24H23F6N5O2S. The lowest BCUT2D eigenvalue weighted by Crippen LogP contribution is -2.57. The smallest absolute Gasteiger partial charge is 0.423 e. The van der Waals surface area contributed by atoms with Crippen LogP contribution in [0.2, 0.25) is 0 Å². The Hall–Kier alpha value is -3.42. The van der Waals surface area contributed by atoms with Crippen LogP contribution in [0.25, 0.3) is 10.4 Å². The Bertz CT molecular complexity index is 1330. The lowest BCUT2D eigenvalue weighted by Gasteiger charge is -2.43. The van der Waals surface area contributed by atoms with Crippen LogP contribution in [0.15, 0.2) is 30.5 Å². The van der Waals surface area contributed by atoms with Gasteiger partial charge in [-0.1, -0.05) is 19.1 Å². The van der Waals surface area contributed by atoms with Gasteiger partial charge in [0.2, 0.25) is 11.8 Å². The standard InChI is InChI=1S/C24H23F6N5O2S/c1-12-8-23(26,27)11-35(17(12)10-32-22-31-9-16(24(28,29)30)20(34-22)37-3)21(36)18-19(38-13(2)33-18)14-5-4-6-15(25)7-14/h4-7,9,12,17H,8,10-11H2,1-3H3,(H,31,32,34)/t12-,17?/m1/s1. The number of benzene rings is 1. The van der Waals surface area contributed by atoms with Crippen molar-refractivity contribution in [3.8, 4) is 16.3 Å². The third kappa shape index (κ3) is 5.84. The Morgan fingerprint density at radius 1 is 1.29 bits per heavy atom. The van der Waals surface area contributed by atoms with Gasteiger partial charge in [-0.15, -0.1) is 11.3 Å². The fraction of sp³-hybridized carbons (Fsp3) is 0.417. The minimum Gasteiger partial charge on any atom is -0.480 e. The maximum atomic E-state index is 14.6. The zero-order chi connectivity index (χ0) is 27.8. The fourth-order valence-corrected chi connectivity index (χ4v) is 5.32. The van der Waals surface area contributed by atoms with E-state index in [1.807, 2.05) is 0 Å². The first-order valence-corrected chi connectivity index (χ1v) is 12.2. The molecule has 0 saturated carbocycles. The van der Waals surface area contributed by atoms with Gasteiger partial charge in [0.05, 0.1) is 29.6 Å². The molecule has 1 N–H and O–H groups in total. The number of aromatic nitrogens is 3. The van der Waals surface area contributed by atoms with Crippen LogP contribution in [-0.4, -0.2) is 57.9 Å². The largest absolute Gasteiger partial charge is 0.480 e. The molecule has 1 aliphatic heterocycles. The molecule has 0 spiro atoms. The first-order chi connectivity index (χ1) is 17.8. The van der Waals surface area contributed by atoms with Gasteiger partial charge < -0.3 is 15.0 Å². The highest BCUT2D eigenvalue weighted by Gasteiger charge is 2.47. The predicted molar refractivity (Wildman–Crippen MR) is 128 cm³/mol. The number of rotatable bonds is 6. The topological polar surface area (TPSA) is 80.2 Å². The molecule has 4 rings (SSSR count). The zero-order valence-corrected chi connectivity index (χ0v) is 21.3. The van der Waals surface area contributed by atoms with Crippen LogP contribution in [0.3, 0.4) is 0 Å². The summed E-state index contributed by atoms with van der Waals surface area (Å²) >= 11 is 1.13. The molecule has 2 aromatic heterocycles. The van der Waals surface area contributed by atoms with E-state index in [9.17, 15) is 31.1 Å². The number of carbonyl (C=O) groups excluding carboxylic acids is 1. The van der Waals surface area contributed by atoms with E-state index < -0.39 is 60.2 Å². The highest BCUT2D eigenvalue weighted by molar-refractivity contribution is 7.15. The molecule has 2 atom stereocenters. The van der Waals surface area contributed by atoms with E-state index in [1.165, 1.54) is 18.2 Å². The summed E-state index contributed by atoms with van der Waals surface area (Å²) in [5.41, 5.74) is -0.868. The van der Waals surface area contributed by atoms with Crippen molar-refractivity contribution in [1.29, 1.82) is 0 Å². The number of thiazole rings is 1. The minimum absolute atomic E-state index is 0.0829. The van der Waals surface area contributed by atoms with E-state index in [1.54, 1.807) is 19.9 Å². The number of halogens is 6. The molecule has 1 aromatic carbocycles. The zero-order valence-electron chi connectivity index (χ0n) is 20.4. The van der Waals surface area contributed by atoms with Crippen LogP contribution in [0.1, 0.15) is 34.4 Å². The second kappa shape index (κ2) is 10.4. The summed E-state index contributed by atoms with van der Waals surface area (Å²) in [6.07, 6.45) is -4.69. The normalized spacial score (nSPS) is 19.3. The minimum atomic E-state index is -4.73. The van der Waals surface area contributed by atoms with E-state index in [0.29, 0.717) is 21.6 Å². The number of aryl methyl sites for hydroxylation is 1. The van der Waals surface area contributed by atoms with Crippen molar-refractivity contribution in [2.75, 3.05) is 25.5 Å². The van der Waals surface area contributed by atoms with E-state index in [-0.39, 0.29) is 18.2 Å². The molecule has 1 unspecified atom stereocenters. The molecule has 38 heavy (non-hydrogen) atoms. The van der Waals surface area contributed by atoms with Gasteiger partial charge in [-0.05, 0) is 30.5 Å². The highest BCUT2D eigenvalue weighted by atomic mass is 32.1. The molecule has 3 heterocycles. The number of alkyl halides is 5. The molecule has 0 radical (unpaired) electrons. The van der Waals surface area contributed by atoms with Gasteiger partial charge in [-0.25, -0.2) is 23.1 Å². The first-order valence-electron chi connectivity index (χ1n) is 11.4. The van der Waals surface area contributed by atoms with E-state index in [0.717, 1.165) is 23.3 Å². The number of nitrogens with one attached hydrogen (secondary N) is 1. The Morgan fingerprint density at radius 2 is 2.03 bits per heavy atom. The van der Waals surface area contributed by atoms with Crippen LogP contribution in [0.5, 0.6) is 5.88 Å². The molecule has 1 aliphatic rings. The third-order valence-electron chi connectivity index (χ3n) is 6.09. The second-order valence-electron chi connectivity index (χ2n) is 8.95. The number of likely N-dealkylation sites (tertiary alicyclic amines) is 1. The fourth-order valence-electron chi connectivity index (χ4n) is 4.41. The number of amides is 1. The molecule has 0 aliphatic carbocycles. The lowest BCUT2D eigenvalue weighted by molar-refractivity contribution is -0.139. The average molecular weight is 560 g/mol. The van der Waals surface area contributed by atoms with Gasteiger partial charge in [-0.3, -0.25) is 4.79 Å². The van der Waals surface area contributed by atoms with Gasteiger partial charge in [-0.2, -0.15) is 18.2 Å². The van der Waals surface area contributed by atoms with Gasteiger partial charge in [0, 0.05) is 19.2 Å². The van der Waals surface area contributed by atoms with E-state index >= 15 is 0 Å². The summed E-state index contributed by atoms with van der Waals surface area (Å²) in [6.45, 7) is 2.18. The summed E-state index contributed by atoms with van der Waals surface area (Å²) in [4.78, 5) is 26.6. The quantitative estimate of drug-likeness (QED) is 0.392. The van der Waals surface area contributed by atoms with Crippen molar-refractivity contribution in [2.45, 2.75) is 38.4 Å². The first kappa shape index (κ1) is 27.6. The van der Waals surface area contributed by atoms with Gasteiger partial charge in [0.25, 0.3) is 11.8 Å². The van der Waals surface area contributed by atoms with Crippen LogP contribution in [0, 0.1) is 18.7 Å². The van der Waals surface area contributed by atoms with Crippen molar-refractivity contribution >= 4 is 23.2 Å². The second-order valence-corrected chi connectivity index (χ2v) is 10.2. The molecular weight excluding hydrogens is 536 g/mol. The molecule has 7 nitrogen and oxygen atoms in total. The Balaban J connectivity index is 1.63. The monoisotopic (exact) mass is 559 g/mol. The van der Waals surface area contributed by atoms with Crippen molar-refractivity contribution < 1.29 is 35.9 Å². The summed E-state index contributed by atoms with van der Waals surface area (Å²) in [5.74, 6) is -6.11. The number of carbonyl (C=O) groups is 1. The van der Waals surface area contributed by atoms with Crippen molar-refractivity contribution in [1.82, 2.24) is 19.9 Å². The number of piperidine rings is 1. The molecule has 1 amide bonds. The number of hydrogen-bond donors (Lipinski definition) is 1. The molecule has 0 bridgehead atoms. The number of hydrogen-bond acceptors (Lipinski definition) is 7. The Labute approximate surface area is 217 Å². The van der Waals surface area contributed by atoms with Crippen molar-refractivity contribution in [3.05, 3.63) is 52.5 Å². The molecule has 1 saturated heterocycles. The maximum absolute atomic E-state index is 14.6. The average Bonchev–Trinajstić information content (AvgIpc) is 3.23. The Morgan fingerprint density at radius 3 is 2.68 bits per heavy atom. The van der Waals surface area contributed by atoms with Crippen LogP contribution in [0.4, 0.5) is 32.3 Å². The highest BCUT2D eigenvalue weighted by Crippen LogP contribution is 2.38. The van der Waals surface area contributed by atoms with Gasteiger partial charge in [0.1, 0.15) is 17.1 Å². The summed E-state index contributed by atoms with van der Waals surface area (Å²) in [6, 6.07) is 4.73. The number of ether oxygens (including phenoxy) is 1. The van der Waals surface area contributed by atoms with Crippen molar-refractivity contribution in [3.63, 3.8) is 0 Å². The van der Waals surface area contributed by atoms with E-state index in [2.05, 4.69) is 20.3 Å². The molecule has 3 aromatic rings.